The first kappa shape index (κ1) is 12.9. The Morgan fingerprint density at radius 3 is 2.56 bits per heavy atom. The van der Waals surface area contributed by atoms with Crippen molar-refractivity contribution in [2.75, 3.05) is 0 Å². The summed E-state index contributed by atoms with van der Waals surface area (Å²) in [6.07, 6.45) is 10.7. The van der Waals surface area contributed by atoms with Crippen LogP contribution in [-0.2, 0) is 13.5 Å². The van der Waals surface area contributed by atoms with Crippen molar-refractivity contribution >= 4 is 0 Å². The molecule has 1 aromatic carbocycles. The van der Waals surface area contributed by atoms with Gasteiger partial charge in [-0.3, -0.25) is 0 Å². The lowest BCUT2D eigenvalue weighted by Crippen LogP contribution is -2.31. The van der Waals surface area contributed by atoms with Gasteiger partial charge in [0.1, 0.15) is 18.1 Å². The van der Waals surface area contributed by atoms with Crippen LogP contribution in [0.5, 0.6) is 0 Å². The van der Waals surface area contributed by atoms with Gasteiger partial charge in [0.15, 0.2) is 0 Å². The van der Waals surface area contributed by atoms with E-state index in [0.717, 1.165) is 6.42 Å². The molecular weight excluding hydrogens is 220 g/mol. The Morgan fingerprint density at radius 2 is 1.83 bits per heavy atom. The summed E-state index contributed by atoms with van der Waals surface area (Å²) in [5.41, 5.74) is 1.25. The quantitative estimate of drug-likeness (QED) is 0.543. The molecular formula is C16H23N2+. The Kier molecular flexibility index (Phi) is 4.57. The van der Waals surface area contributed by atoms with Gasteiger partial charge in [0, 0.05) is 6.42 Å². The normalized spacial score (nSPS) is 10.8. The molecule has 0 aliphatic carbocycles. The van der Waals surface area contributed by atoms with E-state index < -0.39 is 0 Å². The molecule has 0 aliphatic heterocycles. The van der Waals surface area contributed by atoms with E-state index in [1.54, 1.807) is 0 Å². The lowest BCUT2D eigenvalue weighted by atomic mass is 10.1. The minimum absolute atomic E-state index is 1.15. The molecule has 2 aromatic rings. The highest BCUT2D eigenvalue weighted by molar-refractivity contribution is 5.31. The van der Waals surface area contributed by atoms with E-state index >= 15 is 0 Å². The molecule has 2 nitrogen and oxygen atoms in total. The van der Waals surface area contributed by atoms with E-state index in [9.17, 15) is 0 Å². The number of imidazole rings is 1. The van der Waals surface area contributed by atoms with Crippen molar-refractivity contribution in [3.8, 4) is 5.69 Å². The third-order valence-electron chi connectivity index (χ3n) is 3.41. The molecule has 0 aliphatic rings. The highest BCUT2D eigenvalue weighted by Gasteiger charge is 2.15. The molecule has 2 heteroatoms. The molecule has 0 fully saturated rings. The van der Waals surface area contributed by atoms with Crippen molar-refractivity contribution in [3.63, 3.8) is 0 Å². The standard InChI is InChI=1S/C16H23N2/c1-3-4-5-9-12-16-17(2)13-14-18(16)15-10-7-6-8-11-15/h6-8,10-11,13-14H,3-5,9,12H2,1-2H3/q+1. The van der Waals surface area contributed by atoms with Crippen LogP contribution in [0.4, 0.5) is 0 Å². The van der Waals surface area contributed by atoms with Crippen LogP contribution < -0.4 is 4.57 Å². The maximum Gasteiger partial charge on any atom is 0.261 e. The van der Waals surface area contributed by atoms with E-state index in [4.69, 9.17) is 0 Å². The summed E-state index contributed by atoms with van der Waals surface area (Å²) in [6, 6.07) is 10.6. The minimum Gasteiger partial charge on any atom is -0.237 e. The summed E-state index contributed by atoms with van der Waals surface area (Å²) in [4.78, 5) is 0. The van der Waals surface area contributed by atoms with Crippen LogP contribution in [-0.4, -0.2) is 4.57 Å². The second-order valence-electron chi connectivity index (χ2n) is 4.84. The zero-order valence-corrected chi connectivity index (χ0v) is 11.5. The molecule has 0 unspecified atom stereocenters. The number of aryl methyl sites for hydroxylation is 1. The molecule has 0 saturated heterocycles. The van der Waals surface area contributed by atoms with Crippen molar-refractivity contribution in [2.24, 2.45) is 7.05 Å². The van der Waals surface area contributed by atoms with Crippen molar-refractivity contribution < 1.29 is 4.57 Å². The molecule has 1 aromatic heterocycles. The zero-order chi connectivity index (χ0) is 12.8. The number of benzene rings is 1. The molecule has 0 spiro atoms. The summed E-state index contributed by atoms with van der Waals surface area (Å²) < 4.78 is 4.53. The minimum atomic E-state index is 1.15. The monoisotopic (exact) mass is 243 g/mol. The summed E-state index contributed by atoms with van der Waals surface area (Å²) >= 11 is 0. The predicted octanol–water partition coefficient (Wildman–Crippen LogP) is 3.42. The highest BCUT2D eigenvalue weighted by Crippen LogP contribution is 2.11. The van der Waals surface area contributed by atoms with Crippen LogP contribution in [0.3, 0.4) is 0 Å². The van der Waals surface area contributed by atoms with Crippen LogP contribution in [0.1, 0.15) is 38.4 Å². The second-order valence-corrected chi connectivity index (χ2v) is 4.84. The Balaban J connectivity index is 2.12. The van der Waals surface area contributed by atoms with Crippen LogP contribution in [0, 0.1) is 0 Å². The zero-order valence-electron chi connectivity index (χ0n) is 11.5. The predicted molar refractivity (Wildman–Crippen MR) is 74.8 cm³/mol. The van der Waals surface area contributed by atoms with Gasteiger partial charge in [0.2, 0.25) is 0 Å². The molecule has 2 rings (SSSR count). The van der Waals surface area contributed by atoms with Crippen molar-refractivity contribution in [1.29, 1.82) is 0 Å². The largest absolute Gasteiger partial charge is 0.261 e. The first-order valence-electron chi connectivity index (χ1n) is 6.94. The summed E-state index contributed by atoms with van der Waals surface area (Å²) in [5.74, 6) is 1.39. The number of unbranched alkanes of at least 4 members (excludes halogenated alkanes) is 3. The first-order chi connectivity index (χ1) is 8.83. The van der Waals surface area contributed by atoms with Gasteiger partial charge in [-0.15, -0.1) is 0 Å². The topological polar surface area (TPSA) is 8.81 Å². The number of para-hydroxylation sites is 1. The lowest BCUT2D eigenvalue weighted by Gasteiger charge is -2.02. The van der Waals surface area contributed by atoms with Gasteiger partial charge >= 0.3 is 0 Å². The highest BCUT2D eigenvalue weighted by atomic mass is 15.1. The van der Waals surface area contributed by atoms with Gasteiger partial charge in [0.25, 0.3) is 5.82 Å². The van der Waals surface area contributed by atoms with Crippen molar-refractivity contribution in [2.45, 2.75) is 39.0 Å². The van der Waals surface area contributed by atoms with Crippen molar-refractivity contribution in [1.82, 2.24) is 4.57 Å². The van der Waals surface area contributed by atoms with Gasteiger partial charge < -0.3 is 0 Å². The van der Waals surface area contributed by atoms with Crippen LogP contribution in [0.25, 0.3) is 5.69 Å². The Labute approximate surface area is 110 Å². The number of aromatic nitrogens is 2. The SMILES string of the molecule is CCCCCCc1n(-c2ccccc2)cc[n+]1C. The summed E-state index contributed by atoms with van der Waals surface area (Å²) in [5, 5.41) is 0. The molecule has 1 heterocycles. The first-order valence-corrected chi connectivity index (χ1v) is 6.94. The molecule has 0 amide bonds. The third-order valence-corrected chi connectivity index (χ3v) is 3.41. The van der Waals surface area contributed by atoms with Gasteiger partial charge in [0.05, 0.1) is 7.05 Å². The third kappa shape index (κ3) is 3.00. The Hall–Kier alpha value is -1.57. The molecule has 0 radical (unpaired) electrons. The fraction of sp³-hybridized carbons (Fsp3) is 0.438. The van der Waals surface area contributed by atoms with Gasteiger partial charge in [-0.2, -0.15) is 4.57 Å². The average Bonchev–Trinajstić information content (AvgIpc) is 2.77. The number of rotatable bonds is 6. The molecule has 18 heavy (non-hydrogen) atoms. The number of nitrogens with zero attached hydrogens (tertiary/aromatic N) is 2. The van der Waals surface area contributed by atoms with E-state index in [2.05, 4.69) is 65.8 Å². The number of hydrogen-bond acceptors (Lipinski definition) is 0. The lowest BCUT2D eigenvalue weighted by molar-refractivity contribution is -0.678. The van der Waals surface area contributed by atoms with Crippen LogP contribution >= 0.6 is 0 Å². The van der Waals surface area contributed by atoms with Gasteiger partial charge in [-0.05, 0) is 18.6 Å². The fourth-order valence-corrected chi connectivity index (χ4v) is 2.34. The van der Waals surface area contributed by atoms with Crippen molar-refractivity contribution in [3.05, 3.63) is 48.5 Å². The van der Waals surface area contributed by atoms with E-state index in [-0.39, 0.29) is 0 Å². The van der Waals surface area contributed by atoms with E-state index in [0.29, 0.717) is 0 Å². The maximum absolute atomic E-state index is 2.30. The molecule has 96 valence electrons. The molecule has 0 bridgehead atoms. The van der Waals surface area contributed by atoms with Crippen LogP contribution in [0.2, 0.25) is 0 Å². The molecule has 0 atom stereocenters. The molecule has 0 N–H and O–H groups in total. The summed E-state index contributed by atoms with van der Waals surface area (Å²) in [6.45, 7) is 2.26. The second kappa shape index (κ2) is 6.39. The maximum atomic E-state index is 2.30. The molecule has 0 saturated carbocycles. The van der Waals surface area contributed by atoms with Gasteiger partial charge in [-0.1, -0.05) is 44.4 Å². The Morgan fingerprint density at radius 1 is 1.06 bits per heavy atom. The van der Waals surface area contributed by atoms with E-state index in [1.165, 1.54) is 37.2 Å². The fourth-order valence-electron chi connectivity index (χ4n) is 2.34. The smallest absolute Gasteiger partial charge is 0.237 e. The van der Waals surface area contributed by atoms with E-state index in [1.807, 2.05) is 0 Å². The van der Waals surface area contributed by atoms with Gasteiger partial charge in [-0.25, -0.2) is 4.57 Å². The summed E-state index contributed by atoms with van der Waals surface area (Å²) in [7, 11) is 2.13. The Bertz CT molecular complexity index is 471. The number of hydrogen-bond donors (Lipinski definition) is 0. The van der Waals surface area contributed by atoms with Crippen LogP contribution in [0.15, 0.2) is 42.7 Å². The average molecular weight is 243 g/mol.